The van der Waals surface area contributed by atoms with Crippen LogP contribution < -0.4 is 63.6 Å². The zero-order valence-corrected chi connectivity index (χ0v) is 26.8. The molecule has 0 saturated carbocycles. The minimum atomic E-state index is -0.747. The molecule has 1 aromatic rings. The van der Waals surface area contributed by atoms with Crippen molar-refractivity contribution in [1.29, 1.82) is 0 Å². The van der Waals surface area contributed by atoms with Gasteiger partial charge in [0.2, 0.25) is 6.54 Å². The molecule has 0 unspecified atom stereocenters. The Balaban J connectivity index is 0.00000684. The van der Waals surface area contributed by atoms with E-state index in [4.69, 9.17) is 24.7 Å². The van der Waals surface area contributed by atoms with Crippen LogP contribution in [0.3, 0.4) is 0 Å². The first-order valence-electron chi connectivity index (χ1n) is 12.3. The fourth-order valence-electron chi connectivity index (χ4n) is 4.00. The first-order valence-corrected chi connectivity index (χ1v) is 12.3. The summed E-state index contributed by atoms with van der Waals surface area (Å²) in [6.07, 6.45) is 5.14. The topological polar surface area (TPSA) is 135 Å². The average Bonchev–Trinajstić information content (AvgIpc) is 2.82. The van der Waals surface area contributed by atoms with E-state index in [0.717, 1.165) is 12.8 Å². The molecule has 0 aromatic carbocycles. The number of rotatable bonds is 15. The van der Waals surface area contributed by atoms with E-state index in [1.54, 1.807) is 34.4 Å². The van der Waals surface area contributed by atoms with Gasteiger partial charge >= 0.3 is 11.9 Å². The number of carbonyl (C=O) groups excluding carboxylic acids is 3. The molecule has 0 saturated heterocycles. The molecule has 2 rings (SSSR count). The molecule has 1 aliphatic heterocycles. The number of ether oxygens (including phenoxy) is 4. The number of nitrogens with zero attached hydrogens (tertiary/aromatic N) is 1. The van der Waals surface area contributed by atoms with Gasteiger partial charge in [-0.05, 0) is 18.9 Å². The zero-order chi connectivity index (χ0) is 26.5. The van der Waals surface area contributed by atoms with Crippen molar-refractivity contribution in [3.8, 4) is 0 Å². The number of hydrogen-bond donors (Lipinski definition) is 2. The average molecular weight is 759 g/mol. The van der Waals surface area contributed by atoms with E-state index in [0.29, 0.717) is 41.3 Å². The van der Waals surface area contributed by atoms with E-state index in [2.05, 4.69) is 0 Å². The molecule has 38 heavy (non-hydrogen) atoms. The summed E-state index contributed by atoms with van der Waals surface area (Å²) in [5.41, 5.74) is 8.05. The Morgan fingerprint density at radius 1 is 0.868 bits per heavy atom. The van der Waals surface area contributed by atoms with Crippen LogP contribution in [0.2, 0.25) is 0 Å². The van der Waals surface area contributed by atoms with Crippen molar-refractivity contribution in [1.82, 2.24) is 0 Å². The molecule has 1 amide bonds. The largest absolute Gasteiger partial charge is 1.00 e. The smallest absolute Gasteiger partial charge is 0.340 e. The molecule has 2 heterocycles. The number of allylic oxidation sites excluding steroid dienone is 2. The molecule has 0 fully saturated rings. The van der Waals surface area contributed by atoms with E-state index in [-0.39, 0.29) is 80.9 Å². The Morgan fingerprint density at radius 3 is 1.82 bits per heavy atom. The summed E-state index contributed by atoms with van der Waals surface area (Å²) in [7, 11) is 0. The van der Waals surface area contributed by atoms with Crippen molar-refractivity contribution in [2.45, 2.75) is 53.0 Å². The monoisotopic (exact) mass is 759 g/mol. The van der Waals surface area contributed by atoms with Gasteiger partial charge in [-0.1, -0.05) is 13.8 Å². The standard InChI is InChI=1S/C26H37N3O7.2HI/c1-5-10-33-12-14-35-25(31)22-18(3)28-19(4)23(26(32)36-15-13-34-11-6-2)24(22)20-8-7-9-29(16-20)17-21(27)30;;/h7-9,16,24H,5-6,10-15,17H2,1-4H3,(H2-,27,28,30,31,32);2*1H. The van der Waals surface area contributed by atoms with E-state index < -0.39 is 23.8 Å². The SMILES string of the molecule is CCCOCCOC(=O)C1=C(C)[NH2+]C(C)=C(C(=O)OCCOCCC)C1c1ccc[n+](CC(N)=O)c1.[I-].[I-]. The molecule has 0 radical (unpaired) electrons. The van der Waals surface area contributed by atoms with Crippen molar-refractivity contribution >= 4 is 17.8 Å². The lowest BCUT2D eigenvalue weighted by Crippen LogP contribution is -3.00. The highest BCUT2D eigenvalue weighted by molar-refractivity contribution is 5.99. The highest BCUT2D eigenvalue weighted by Crippen LogP contribution is 2.36. The van der Waals surface area contributed by atoms with Gasteiger partial charge in [0.05, 0.1) is 19.1 Å². The number of hydrogen-bond acceptors (Lipinski definition) is 7. The van der Waals surface area contributed by atoms with Gasteiger partial charge in [0.25, 0.3) is 5.91 Å². The highest BCUT2D eigenvalue weighted by Gasteiger charge is 2.41. The summed E-state index contributed by atoms with van der Waals surface area (Å²) in [6, 6.07) is 3.54. The Morgan fingerprint density at radius 2 is 1.37 bits per heavy atom. The van der Waals surface area contributed by atoms with Crippen molar-refractivity contribution in [3.05, 3.63) is 52.6 Å². The van der Waals surface area contributed by atoms with Gasteiger partial charge in [-0.2, -0.15) is 4.57 Å². The van der Waals surface area contributed by atoms with E-state index in [1.165, 1.54) is 0 Å². The van der Waals surface area contributed by atoms with Crippen molar-refractivity contribution in [3.63, 3.8) is 0 Å². The minimum absolute atomic E-state index is 0. The molecule has 12 heteroatoms. The Bertz CT molecular complexity index is 951. The van der Waals surface area contributed by atoms with E-state index in [1.807, 2.05) is 27.7 Å². The number of carbonyl (C=O) groups is 3. The second-order valence-corrected chi connectivity index (χ2v) is 8.54. The lowest BCUT2D eigenvalue weighted by Gasteiger charge is -2.26. The lowest BCUT2D eigenvalue weighted by atomic mass is 9.81. The van der Waals surface area contributed by atoms with Crippen LogP contribution in [0.4, 0.5) is 0 Å². The van der Waals surface area contributed by atoms with Crippen LogP contribution in [0.15, 0.2) is 47.1 Å². The normalized spacial score (nSPS) is 13.5. The Hall–Kier alpha value is -1.62. The fraction of sp³-hybridized carbons (Fsp3) is 0.538. The maximum atomic E-state index is 13.3. The lowest BCUT2D eigenvalue weighted by molar-refractivity contribution is -0.684. The predicted molar refractivity (Wildman–Crippen MR) is 130 cm³/mol. The van der Waals surface area contributed by atoms with Crippen LogP contribution in [0, 0.1) is 0 Å². The molecule has 1 aliphatic rings. The summed E-state index contributed by atoms with van der Waals surface area (Å²) in [5.74, 6) is -2.33. The first-order chi connectivity index (χ1) is 17.3. The molecule has 10 nitrogen and oxygen atoms in total. The molecule has 0 spiro atoms. The fourth-order valence-corrected chi connectivity index (χ4v) is 4.00. The Labute approximate surface area is 258 Å². The number of esters is 2. The third kappa shape index (κ3) is 11.2. The zero-order valence-electron chi connectivity index (χ0n) is 22.5. The second-order valence-electron chi connectivity index (χ2n) is 8.54. The van der Waals surface area contributed by atoms with Crippen LogP contribution in [0.1, 0.15) is 52.0 Å². The number of halogens is 2. The van der Waals surface area contributed by atoms with Crippen molar-refractivity contribution in [2.24, 2.45) is 5.73 Å². The van der Waals surface area contributed by atoms with E-state index >= 15 is 0 Å². The van der Waals surface area contributed by atoms with E-state index in [9.17, 15) is 14.4 Å². The number of primary amides is 1. The van der Waals surface area contributed by atoms with Crippen LogP contribution in [-0.2, 0) is 39.9 Å². The second kappa shape index (κ2) is 19.4. The number of pyridine rings is 1. The quantitative estimate of drug-likeness (QED) is 0.0791. The molecular weight excluding hydrogens is 720 g/mol. The first kappa shape index (κ1) is 36.4. The third-order valence-corrected chi connectivity index (χ3v) is 5.47. The summed E-state index contributed by atoms with van der Waals surface area (Å²) >= 11 is 0. The minimum Gasteiger partial charge on any atom is -1.00 e. The summed E-state index contributed by atoms with van der Waals surface area (Å²) in [4.78, 5) is 38.0. The molecule has 0 atom stereocenters. The highest BCUT2D eigenvalue weighted by atomic mass is 127. The predicted octanol–water partition coefficient (Wildman–Crippen LogP) is -5.38. The maximum absolute atomic E-state index is 13.3. The molecule has 214 valence electrons. The summed E-state index contributed by atoms with van der Waals surface area (Å²) in [5, 5.41) is 1.78. The maximum Gasteiger partial charge on any atom is 0.340 e. The van der Waals surface area contributed by atoms with Gasteiger partial charge in [-0.3, -0.25) is 10.1 Å². The number of aromatic nitrogens is 1. The molecule has 1 aromatic heterocycles. The number of amides is 1. The molecule has 4 N–H and O–H groups in total. The van der Waals surface area contributed by atoms with Crippen LogP contribution in [0.25, 0.3) is 0 Å². The Kier molecular flexibility index (Phi) is 18.6. The van der Waals surface area contributed by atoms with Crippen LogP contribution >= 0.6 is 0 Å². The summed E-state index contributed by atoms with van der Waals surface area (Å²) < 4.78 is 23.5. The van der Waals surface area contributed by atoms with Crippen molar-refractivity contribution < 1.29 is 91.2 Å². The van der Waals surface area contributed by atoms with Crippen molar-refractivity contribution in [2.75, 3.05) is 39.6 Å². The molecular formula is C26H39I2N3O7. The molecule has 0 aliphatic carbocycles. The molecule has 0 bridgehead atoms. The van der Waals surface area contributed by atoms with Gasteiger partial charge in [0.1, 0.15) is 35.8 Å². The van der Waals surface area contributed by atoms with Gasteiger partial charge in [0, 0.05) is 38.7 Å². The van der Waals surface area contributed by atoms with Gasteiger partial charge < -0.3 is 72.6 Å². The summed E-state index contributed by atoms with van der Waals surface area (Å²) in [6.45, 7) is 9.49. The van der Waals surface area contributed by atoms with Gasteiger partial charge in [0.15, 0.2) is 12.4 Å². The number of quaternary nitrogens is 1. The van der Waals surface area contributed by atoms with Gasteiger partial charge in [-0.15, -0.1) is 0 Å². The van der Waals surface area contributed by atoms with Crippen LogP contribution in [0.5, 0.6) is 0 Å². The van der Waals surface area contributed by atoms with Crippen LogP contribution in [-0.4, -0.2) is 57.5 Å². The number of nitrogens with two attached hydrogens (primary N) is 2. The third-order valence-electron chi connectivity index (χ3n) is 5.47. The van der Waals surface area contributed by atoms with Gasteiger partial charge in [-0.25, -0.2) is 9.59 Å².